The zero-order valence-corrected chi connectivity index (χ0v) is 8.57. The number of hydrogen-bond donors (Lipinski definition) is 1. The third-order valence-electron chi connectivity index (χ3n) is 1.77. The van der Waals surface area contributed by atoms with Gasteiger partial charge in [-0.25, -0.2) is 8.78 Å². The Hall–Kier alpha value is -0.480. The molecule has 2 N–H and O–H groups in total. The second-order valence-electron chi connectivity index (χ2n) is 2.73. The van der Waals surface area contributed by atoms with Gasteiger partial charge in [-0.2, -0.15) is 0 Å². The Kier molecular flexibility index (Phi) is 3.81. The zero-order chi connectivity index (χ0) is 9.84. The van der Waals surface area contributed by atoms with Gasteiger partial charge in [0.2, 0.25) is 0 Å². The Balaban J connectivity index is 2.90. The van der Waals surface area contributed by atoms with Crippen LogP contribution in [0.1, 0.15) is 12.0 Å². The van der Waals surface area contributed by atoms with Gasteiger partial charge in [-0.15, -0.1) is 0 Å². The van der Waals surface area contributed by atoms with E-state index >= 15 is 0 Å². The van der Waals surface area contributed by atoms with Crippen molar-refractivity contribution < 1.29 is 8.78 Å². The first-order chi connectivity index (χ1) is 6.16. The fourth-order valence-corrected chi connectivity index (χ4v) is 1.57. The molecule has 0 unspecified atom stereocenters. The average Bonchev–Trinajstić information content (AvgIpc) is 2.13. The van der Waals surface area contributed by atoms with Crippen molar-refractivity contribution in [1.29, 1.82) is 0 Å². The minimum absolute atomic E-state index is 0.209. The van der Waals surface area contributed by atoms with Crippen LogP contribution in [0.15, 0.2) is 16.6 Å². The summed E-state index contributed by atoms with van der Waals surface area (Å²) in [6.07, 6.45) is 1.43. The predicted molar refractivity (Wildman–Crippen MR) is 51.4 cm³/mol. The molecule has 0 spiro atoms. The fraction of sp³-hybridized carbons (Fsp3) is 0.333. The number of halogens is 3. The van der Waals surface area contributed by atoms with E-state index in [1.165, 1.54) is 0 Å². The van der Waals surface area contributed by atoms with E-state index in [4.69, 9.17) is 5.73 Å². The van der Waals surface area contributed by atoms with Crippen molar-refractivity contribution >= 4 is 15.9 Å². The number of benzene rings is 1. The molecule has 4 heteroatoms. The Bertz CT molecular complexity index is 302. The molecule has 72 valence electrons. The van der Waals surface area contributed by atoms with E-state index < -0.39 is 11.6 Å². The van der Waals surface area contributed by atoms with Crippen molar-refractivity contribution in [2.45, 2.75) is 12.8 Å². The topological polar surface area (TPSA) is 26.0 Å². The molecule has 1 aromatic carbocycles. The van der Waals surface area contributed by atoms with Crippen LogP contribution < -0.4 is 5.73 Å². The summed E-state index contributed by atoms with van der Waals surface area (Å²) < 4.78 is 25.8. The molecule has 0 aromatic heterocycles. The van der Waals surface area contributed by atoms with Gasteiger partial charge in [0.25, 0.3) is 0 Å². The Morgan fingerprint density at radius 3 is 2.62 bits per heavy atom. The molecule has 0 radical (unpaired) electrons. The van der Waals surface area contributed by atoms with Crippen LogP contribution in [0.4, 0.5) is 8.78 Å². The second kappa shape index (κ2) is 4.67. The van der Waals surface area contributed by atoms with E-state index in [2.05, 4.69) is 15.9 Å². The van der Waals surface area contributed by atoms with Crippen LogP contribution in [0.2, 0.25) is 0 Å². The third kappa shape index (κ3) is 2.48. The van der Waals surface area contributed by atoms with Gasteiger partial charge >= 0.3 is 0 Å². The molecule has 0 fully saturated rings. The fourth-order valence-electron chi connectivity index (χ4n) is 1.05. The highest BCUT2D eigenvalue weighted by atomic mass is 79.9. The van der Waals surface area contributed by atoms with Crippen molar-refractivity contribution in [2.75, 3.05) is 6.54 Å². The Morgan fingerprint density at radius 1 is 1.31 bits per heavy atom. The lowest BCUT2D eigenvalue weighted by Crippen LogP contribution is -2.01. The van der Waals surface area contributed by atoms with Crippen molar-refractivity contribution in [3.05, 3.63) is 33.8 Å². The summed E-state index contributed by atoms with van der Waals surface area (Å²) >= 11 is 3.01. The molecule has 0 heterocycles. The predicted octanol–water partition coefficient (Wildman–Crippen LogP) is 2.62. The smallest absolute Gasteiger partial charge is 0.173 e. The molecule has 0 atom stereocenters. The summed E-state index contributed by atoms with van der Waals surface area (Å²) in [6, 6.07) is 2.70. The third-order valence-corrected chi connectivity index (χ3v) is 2.62. The van der Waals surface area contributed by atoms with E-state index in [0.717, 1.165) is 18.1 Å². The maximum absolute atomic E-state index is 13.0. The van der Waals surface area contributed by atoms with E-state index in [0.29, 0.717) is 13.0 Å². The number of nitrogens with two attached hydrogens (primary N) is 1. The molecular formula is C9H10BrF2N. The molecule has 0 saturated carbocycles. The molecule has 0 aliphatic carbocycles. The van der Waals surface area contributed by atoms with E-state index in [-0.39, 0.29) is 4.47 Å². The Morgan fingerprint density at radius 2 is 2.00 bits per heavy atom. The number of aryl methyl sites for hydroxylation is 1. The van der Waals surface area contributed by atoms with Gasteiger partial charge in [0.15, 0.2) is 11.6 Å². The quantitative estimate of drug-likeness (QED) is 0.820. The van der Waals surface area contributed by atoms with E-state index in [1.807, 2.05) is 0 Å². The molecule has 0 saturated heterocycles. The summed E-state index contributed by atoms with van der Waals surface area (Å²) in [5, 5.41) is 0. The average molecular weight is 250 g/mol. The van der Waals surface area contributed by atoms with Crippen LogP contribution in [0.25, 0.3) is 0 Å². The van der Waals surface area contributed by atoms with E-state index in [9.17, 15) is 8.78 Å². The molecule has 1 nitrogen and oxygen atoms in total. The maximum atomic E-state index is 13.0. The Labute approximate surface area is 84.1 Å². The van der Waals surface area contributed by atoms with Crippen LogP contribution in [-0.4, -0.2) is 6.54 Å². The summed E-state index contributed by atoms with van der Waals surface area (Å²) in [6.45, 7) is 0.547. The lowest BCUT2D eigenvalue weighted by Gasteiger charge is -2.04. The monoisotopic (exact) mass is 249 g/mol. The van der Waals surface area contributed by atoms with Gasteiger partial charge < -0.3 is 5.73 Å². The molecule has 0 aliphatic heterocycles. The van der Waals surface area contributed by atoms with Gasteiger partial charge in [-0.3, -0.25) is 0 Å². The molecule has 0 aliphatic rings. The van der Waals surface area contributed by atoms with Crippen molar-refractivity contribution in [3.8, 4) is 0 Å². The highest BCUT2D eigenvalue weighted by Crippen LogP contribution is 2.23. The highest BCUT2D eigenvalue weighted by molar-refractivity contribution is 9.10. The molecule has 0 bridgehead atoms. The van der Waals surface area contributed by atoms with Crippen LogP contribution in [0.5, 0.6) is 0 Å². The molecular weight excluding hydrogens is 240 g/mol. The lowest BCUT2D eigenvalue weighted by atomic mass is 10.1. The standard InChI is InChI=1S/C9H10BrF2N/c10-8-6(2-1-5-13)3-4-7(11)9(8)12/h3-4H,1-2,5,13H2. The first kappa shape index (κ1) is 10.6. The van der Waals surface area contributed by atoms with Crippen molar-refractivity contribution in [1.82, 2.24) is 0 Å². The molecule has 1 rings (SSSR count). The first-order valence-electron chi connectivity index (χ1n) is 3.99. The minimum Gasteiger partial charge on any atom is -0.330 e. The SMILES string of the molecule is NCCCc1ccc(F)c(F)c1Br. The van der Waals surface area contributed by atoms with Gasteiger partial charge in [0.05, 0.1) is 4.47 Å². The molecule has 1 aromatic rings. The molecule has 0 amide bonds. The number of rotatable bonds is 3. The summed E-state index contributed by atoms with van der Waals surface area (Å²) in [5.74, 6) is -1.65. The maximum Gasteiger partial charge on any atom is 0.173 e. The van der Waals surface area contributed by atoms with Crippen LogP contribution in [0.3, 0.4) is 0 Å². The highest BCUT2D eigenvalue weighted by Gasteiger charge is 2.09. The molecule has 13 heavy (non-hydrogen) atoms. The van der Waals surface area contributed by atoms with Crippen LogP contribution in [-0.2, 0) is 6.42 Å². The first-order valence-corrected chi connectivity index (χ1v) is 4.78. The summed E-state index contributed by atoms with van der Waals surface area (Å²) in [4.78, 5) is 0. The summed E-state index contributed by atoms with van der Waals surface area (Å²) in [5.41, 5.74) is 6.07. The van der Waals surface area contributed by atoms with Crippen LogP contribution >= 0.6 is 15.9 Å². The van der Waals surface area contributed by atoms with Gasteiger partial charge in [-0.05, 0) is 46.9 Å². The lowest BCUT2D eigenvalue weighted by molar-refractivity contribution is 0.502. The van der Waals surface area contributed by atoms with Gasteiger partial charge in [0.1, 0.15) is 0 Å². The summed E-state index contributed by atoms with van der Waals surface area (Å²) in [7, 11) is 0. The van der Waals surface area contributed by atoms with Crippen LogP contribution in [0, 0.1) is 11.6 Å². The normalized spacial score (nSPS) is 10.5. The largest absolute Gasteiger partial charge is 0.330 e. The second-order valence-corrected chi connectivity index (χ2v) is 3.52. The van der Waals surface area contributed by atoms with Crippen molar-refractivity contribution in [3.63, 3.8) is 0 Å². The van der Waals surface area contributed by atoms with Crippen molar-refractivity contribution in [2.24, 2.45) is 5.73 Å². The minimum atomic E-state index is -0.830. The van der Waals surface area contributed by atoms with Gasteiger partial charge in [-0.1, -0.05) is 6.07 Å². The zero-order valence-electron chi connectivity index (χ0n) is 6.99. The van der Waals surface area contributed by atoms with E-state index in [1.54, 1.807) is 6.07 Å². The van der Waals surface area contributed by atoms with Gasteiger partial charge in [0, 0.05) is 0 Å². The number of hydrogen-bond acceptors (Lipinski definition) is 1.